The molecule has 2 bridgehead atoms. The van der Waals surface area contributed by atoms with Crippen LogP contribution < -0.4 is 10.1 Å². The number of imidazole rings is 1. The minimum atomic E-state index is -4.67. The van der Waals surface area contributed by atoms with Crippen LogP contribution in [-0.4, -0.2) is 55.8 Å². The number of hydrogen-bond acceptors (Lipinski definition) is 5. The van der Waals surface area contributed by atoms with Gasteiger partial charge in [0.15, 0.2) is 0 Å². The molecular formula is C26H31F6N3O3. The van der Waals surface area contributed by atoms with Gasteiger partial charge in [-0.1, -0.05) is 0 Å². The molecule has 0 amide bonds. The molecule has 5 fully saturated rings. The lowest BCUT2D eigenvalue weighted by Crippen LogP contribution is -2.78. The minimum absolute atomic E-state index is 0.0270. The molecule has 0 radical (unpaired) electrons. The van der Waals surface area contributed by atoms with Crippen molar-refractivity contribution in [1.29, 1.82) is 0 Å². The maximum Gasteiger partial charge on any atom is 0.418 e. The monoisotopic (exact) mass is 547 g/mol. The maximum absolute atomic E-state index is 14.1. The van der Waals surface area contributed by atoms with Gasteiger partial charge in [0.05, 0.1) is 39.5 Å². The van der Waals surface area contributed by atoms with Crippen LogP contribution in [0.4, 0.5) is 26.3 Å². The summed E-state index contributed by atoms with van der Waals surface area (Å²) in [7, 11) is 0. The molecule has 1 aliphatic heterocycles. The quantitative estimate of drug-likeness (QED) is 0.453. The lowest BCUT2D eigenvalue weighted by molar-refractivity contribution is -0.403. The predicted octanol–water partition coefficient (Wildman–Crippen LogP) is 5.12. The highest BCUT2D eigenvalue weighted by Gasteiger charge is 2.83. The van der Waals surface area contributed by atoms with Gasteiger partial charge in [-0.05, 0) is 64.9 Å². The van der Waals surface area contributed by atoms with Crippen molar-refractivity contribution in [1.82, 2.24) is 14.9 Å². The van der Waals surface area contributed by atoms with Crippen molar-refractivity contribution in [2.45, 2.75) is 100 Å². The van der Waals surface area contributed by atoms with Crippen LogP contribution in [0.15, 0.2) is 18.5 Å². The molecule has 7 rings (SSSR count). The molecular weight excluding hydrogens is 516 g/mol. The van der Waals surface area contributed by atoms with Crippen molar-refractivity contribution in [2.75, 3.05) is 6.61 Å². The SMILES string of the molecule is CC1CC(O)(C23CC(C(F)(F)F)(C2)C3)CC(COc2cc(C(F)(F)F)c3c(c2)ncn3C2CC(C)(O)C2)N1. The molecule has 0 spiro atoms. The Balaban J connectivity index is 1.19. The number of hydrogen-bond donors (Lipinski definition) is 3. The highest BCUT2D eigenvalue weighted by Crippen LogP contribution is 2.82. The summed E-state index contributed by atoms with van der Waals surface area (Å²) in [4.78, 5) is 4.17. The van der Waals surface area contributed by atoms with E-state index in [-0.39, 0.29) is 61.2 Å². The molecule has 3 N–H and O–H groups in total. The van der Waals surface area contributed by atoms with E-state index >= 15 is 0 Å². The summed E-state index contributed by atoms with van der Waals surface area (Å²) < 4.78 is 89.5. The van der Waals surface area contributed by atoms with Gasteiger partial charge >= 0.3 is 12.4 Å². The summed E-state index contributed by atoms with van der Waals surface area (Å²) in [6.07, 6.45) is -6.69. The third kappa shape index (κ3) is 3.84. The Morgan fingerprint density at radius 1 is 1.05 bits per heavy atom. The molecule has 4 saturated carbocycles. The van der Waals surface area contributed by atoms with Gasteiger partial charge in [0.1, 0.15) is 12.4 Å². The number of benzene rings is 1. The Morgan fingerprint density at radius 2 is 1.71 bits per heavy atom. The third-order valence-corrected chi connectivity index (χ3v) is 9.51. The molecule has 210 valence electrons. The van der Waals surface area contributed by atoms with Gasteiger partial charge < -0.3 is 24.8 Å². The first-order valence-corrected chi connectivity index (χ1v) is 12.9. The largest absolute Gasteiger partial charge is 0.492 e. The molecule has 38 heavy (non-hydrogen) atoms. The summed E-state index contributed by atoms with van der Waals surface area (Å²) in [6.45, 7) is 3.42. The highest BCUT2D eigenvalue weighted by atomic mass is 19.4. The van der Waals surface area contributed by atoms with E-state index in [2.05, 4.69) is 10.3 Å². The molecule has 3 atom stereocenters. The van der Waals surface area contributed by atoms with E-state index in [4.69, 9.17) is 4.74 Å². The first-order chi connectivity index (χ1) is 17.5. The molecule has 2 aromatic rings. The van der Waals surface area contributed by atoms with Crippen LogP contribution >= 0.6 is 0 Å². The number of nitrogens with one attached hydrogen (secondary N) is 1. The number of halogens is 6. The zero-order valence-corrected chi connectivity index (χ0v) is 21.1. The van der Waals surface area contributed by atoms with Gasteiger partial charge in [-0.15, -0.1) is 0 Å². The van der Waals surface area contributed by atoms with Crippen molar-refractivity contribution < 1.29 is 41.3 Å². The lowest BCUT2D eigenvalue weighted by Gasteiger charge is -2.76. The Morgan fingerprint density at radius 3 is 2.29 bits per heavy atom. The summed E-state index contributed by atoms with van der Waals surface area (Å²) in [5.74, 6) is -0.0270. The van der Waals surface area contributed by atoms with Crippen molar-refractivity contribution >= 4 is 11.0 Å². The Labute approximate surface area is 215 Å². The van der Waals surface area contributed by atoms with E-state index in [1.54, 1.807) is 6.92 Å². The normalized spacial score (nSPS) is 40.8. The van der Waals surface area contributed by atoms with Gasteiger partial charge in [-0.2, -0.15) is 26.3 Å². The number of piperidine rings is 1. The number of nitrogens with zero attached hydrogens (tertiary/aromatic N) is 2. The predicted molar refractivity (Wildman–Crippen MR) is 124 cm³/mol. The van der Waals surface area contributed by atoms with E-state index in [0.717, 1.165) is 6.07 Å². The highest BCUT2D eigenvalue weighted by molar-refractivity contribution is 5.82. The summed E-state index contributed by atoms with van der Waals surface area (Å²) in [5.41, 5.74) is -5.48. The second kappa shape index (κ2) is 7.78. The van der Waals surface area contributed by atoms with Gasteiger partial charge in [-0.3, -0.25) is 0 Å². The number of rotatable bonds is 5. The van der Waals surface area contributed by atoms with Gasteiger partial charge in [0.2, 0.25) is 0 Å². The van der Waals surface area contributed by atoms with Crippen molar-refractivity contribution in [3.63, 3.8) is 0 Å². The fourth-order valence-electron chi connectivity index (χ4n) is 7.71. The van der Waals surface area contributed by atoms with Crippen LogP contribution in [0.1, 0.15) is 70.4 Å². The molecule has 4 aliphatic carbocycles. The molecule has 1 aromatic heterocycles. The fourth-order valence-corrected chi connectivity index (χ4v) is 7.71. The average Bonchev–Trinajstić information content (AvgIpc) is 3.08. The van der Waals surface area contributed by atoms with Crippen LogP contribution in [0.2, 0.25) is 0 Å². The second-order valence-corrected chi connectivity index (χ2v) is 12.7. The van der Waals surface area contributed by atoms with E-state index in [1.807, 2.05) is 6.92 Å². The van der Waals surface area contributed by atoms with Crippen LogP contribution in [-0.2, 0) is 6.18 Å². The number of aliphatic hydroxyl groups is 2. The van der Waals surface area contributed by atoms with Crippen LogP contribution in [0.25, 0.3) is 11.0 Å². The van der Waals surface area contributed by atoms with Crippen LogP contribution in [0.3, 0.4) is 0 Å². The summed E-state index contributed by atoms with van der Waals surface area (Å²) >= 11 is 0. The van der Waals surface area contributed by atoms with Crippen molar-refractivity contribution in [3.8, 4) is 5.75 Å². The summed E-state index contributed by atoms with van der Waals surface area (Å²) in [6, 6.07) is 1.44. The molecule has 2 heterocycles. The van der Waals surface area contributed by atoms with Crippen LogP contribution in [0, 0.1) is 10.8 Å². The molecule has 5 aliphatic rings. The number of fused-ring (bicyclic) bond motifs is 1. The van der Waals surface area contributed by atoms with Gasteiger partial charge in [0.25, 0.3) is 0 Å². The molecule has 3 unspecified atom stereocenters. The Hall–Kier alpha value is -2.05. The molecule has 6 nitrogen and oxygen atoms in total. The van der Waals surface area contributed by atoms with Gasteiger partial charge in [0, 0.05) is 29.6 Å². The first kappa shape index (κ1) is 26.2. The summed E-state index contributed by atoms with van der Waals surface area (Å²) in [5, 5.41) is 24.8. The minimum Gasteiger partial charge on any atom is -0.492 e. The van der Waals surface area contributed by atoms with Crippen LogP contribution in [0.5, 0.6) is 5.75 Å². The number of alkyl halides is 6. The van der Waals surface area contributed by atoms with Crippen molar-refractivity contribution in [2.24, 2.45) is 10.8 Å². The molecule has 1 saturated heterocycles. The van der Waals surface area contributed by atoms with E-state index in [1.165, 1.54) is 17.0 Å². The standard InChI is InChI=1S/C26H31F6N3O3/c1-14-5-24(37,22-10-23(11-22,12-22)26(30,31)32)6-15(34-14)9-38-17-3-18(25(27,28)29)20-19(4-17)33-13-35(20)16-7-21(2,36)8-16/h3-4,13-16,34,36-37H,5-12H2,1-2H3. The zero-order chi connectivity index (χ0) is 27.5. The number of ether oxygens (including phenoxy) is 1. The third-order valence-electron chi connectivity index (χ3n) is 9.51. The van der Waals surface area contributed by atoms with Crippen molar-refractivity contribution in [3.05, 3.63) is 24.0 Å². The van der Waals surface area contributed by atoms with E-state index in [0.29, 0.717) is 19.3 Å². The van der Waals surface area contributed by atoms with Gasteiger partial charge in [-0.25, -0.2) is 4.98 Å². The fraction of sp³-hybridized carbons (Fsp3) is 0.731. The average molecular weight is 548 g/mol. The molecule has 12 heteroatoms. The second-order valence-electron chi connectivity index (χ2n) is 12.7. The maximum atomic E-state index is 14.1. The first-order valence-electron chi connectivity index (χ1n) is 12.9. The molecule has 1 aromatic carbocycles. The number of aromatic nitrogens is 2. The van der Waals surface area contributed by atoms with E-state index < -0.39 is 46.0 Å². The Bertz CT molecular complexity index is 1240. The van der Waals surface area contributed by atoms with E-state index in [9.17, 15) is 36.6 Å². The lowest BCUT2D eigenvalue weighted by atomic mass is 9.29. The topological polar surface area (TPSA) is 79.5 Å². The zero-order valence-electron chi connectivity index (χ0n) is 21.1. The Kier molecular flexibility index (Phi) is 5.36. The smallest absolute Gasteiger partial charge is 0.418 e.